The summed E-state index contributed by atoms with van der Waals surface area (Å²) in [6, 6.07) is 0.854. The number of hydrogen-bond acceptors (Lipinski definition) is 5. The average Bonchev–Trinajstić information content (AvgIpc) is 2.28. The minimum absolute atomic E-state index is 0.0896. The van der Waals surface area contributed by atoms with Gasteiger partial charge in [-0.25, -0.2) is 8.42 Å². The Bertz CT molecular complexity index is 531. The molecule has 0 saturated carbocycles. The van der Waals surface area contributed by atoms with E-state index in [-0.39, 0.29) is 24.4 Å². The van der Waals surface area contributed by atoms with Gasteiger partial charge in [0, 0.05) is 25.1 Å². The third-order valence-corrected chi connectivity index (χ3v) is 3.75. The number of ketones is 1. The van der Waals surface area contributed by atoms with E-state index in [1.807, 2.05) is 0 Å². The summed E-state index contributed by atoms with van der Waals surface area (Å²) in [5.41, 5.74) is 6.29. The van der Waals surface area contributed by atoms with Crippen LogP contribution in [-0.4, -0.2) is 37.2 Å². The van der Waals surface area contributed by atoms with Gasteiger partial charge in [-0.05, 0) is 18.1 Å². The SMILES string of the molecule is CS(=O)(=O)CCC(N)C(=O)Cc1ccncc1Cl. The number of halogens is 1. The van der Waals surface area contributed by atoms with E-state index in [0.29, 0.717) is 10.6 Å². The summed E-state index contributed by atoms with van der Waals surface area (Å²) in [6.07, 6.45) is 4.32. The highest BCUT2D eigenvalue weighted by molar-refractivity contribution is 7.90. The van der Waals surface area contributed by atoms with Crippen molar-refractivity contribution < 1.29 is 13.2 Å². The molecule has 0 aliphatic rings. The van der Waals surface area contributed by atoms with Crippen LogP contribution in [0.3, 0.4) is 0 Å². The fourth-order valence-corrected chi connectivity index (χ4v) is 2.24. The number of nitrogens with two attached hydrogens (primary N) is 1. The predicted octanol–water partition coefficient (Wildman–Crippen LogP) is 0.609. The van der Waals surface area contributed by atoms with Crippen molar-refractivity contribution in [3.05, 3.63) is 29.0 Å². The molecule has 100 valence electrons. The number of aromatic nitrogens is 1. The zero-order valence-corrected chi connectivity index (χ0v) is 11.5. The Morgan fingerprint density at radius 2 is 2.22 bits per heavy atom. The second-order valence-corrected chi connectivity index (χ2v) is 6.80. The van der Waals surface area contributed by atoms with Crippen LogP contribution in [0.4, 0.5) is 0 Å². The van der Waals surface area contributed by atoms with Gasteiger partial charge in [-0.2, -0.15) is 0 Å². The van der Waals surface area contributed by atoms with E-state index in [1.54, 1.807) is 6.07 Å². The maximum Gasteiger partial charge on any atom is 0.153 e. The van der Waals surface area contributed by atoms with Crippen molar-refractivity contribution in [1.82, 2.24) is 4.98 Å². The quantitative estimate of drug-likeness (QED) is 0.829. The second kappa shape index (κ2) is 6.26. The molecule has 0 aliphatic heterocycles. The Kier molecular flexibility index (Phi) is 5.25. The maximum atomic E-state index is 11.8. The van der Waals surface area contributed by atoms with Crippen molar-refractivity contribution >= 4 is 27.2 Å². The first-order valence-corrected chi connectivity index (χ1v) is 7.78. The Balaban J connectivity index is 2.58. The van der Waals surface area contributed by atoms with Crippen molar-refractivity contribution in [3.8, 4) is 0 Å². The number of Topliss-reactive ketones (excluding diaryl/α,β-unsaturated/α-hetero) is 1. The molecule has 7 heteroatoms. The molecule has 0 amide bonds. The van der Waals surface area contributed by atoms with E-state index in [2.05, 4.69) is 4.98 Å². The van der Waals surface area contributed by atoms with E-state index in [9.17, 15) is 13.2 Å². The second-order valence-electron chi connectivity index (χ2n) is 4.14. The lowest BCUT2D eigenvalue weighted by Crippen LogP contribution is -2.33. The highest BCUT2D eigenvalue weighted by Crippen LogP contribution is 2.14. The molecule has 1 heterocycles. The molecule has 0 saturated heterocycles. The number of nitrogens with zero attached hydrogens (tertiary/aromatic N) is 1. The Morgan fingerprint density at radius 1 is 1.56 bits per heavy atom. The van der Waals surface area contributed by atoms with Crippen molar-refractivity contribution in [1.29, 1.82) is 0 Å². The van der Waals surface area contributed by atoms with Crippen molar-refractivity contribution in [2.45, 2.75) is 18.9 Å². The lowest BCUT2D eigenvalue weighted by molar-refractivity contribution is -0.119. The van der Waals surface area contributed by atoms with Gasteiger partial charge < -0.3 is 5.73 Å². The molecule has 18 heavy (non-hydrogen) atoms. The number of carbonyl (C=O) groups excluding carboxylic acids is 1. The summed E-state index contributed by atoms with van der Waals surface area (Å²) in [6.45, 7) is 0. The lowest BCUT2D eigenvalue weighted by atomic mass is 10.0. The van der Waals surface area contributed by atoms with Crippen LogP contribution in [0.25, 0.3) is 0 Å². The van der Waals surface area contributed by atoms with Crippen LogP contribution in [-0.2, 0) is 21.1 Å². The predicted molar refractivity (Wildman–Crippen MR) is 70.3 cm³/mol. The molecule has 0 radical (unpaired) electrons. The highest BCUT2D eigenvalue weighted by Gasteiger charge is 2.17. The van der Waals surface area contributed by atoms with E-state index < -0.39 is 15.9 Å². The molecule has 0 fully saturated rings. The van der Waals surface area contributed by atoms with Crippen LogP contribution in [0.1, 0.15) is 12.0 Å². The maximum absolute atomic E-state index is 11.8. The molecule has 0 aromatic carbocycles. The van der Waals surface area contributed by atoms with Crippen molar-refractivity contribution in [2.75, 3.05) is 12.0 Å². The molecule has 0 bridgehead atoms. The number of carbonyl (C=O) groups is 1. The van der Waals surface area contributed by atoms with Gasteiger partial charge in [0.15, 0.2) is 5.78 Å². The third kappa shape index (κ3) is 5.12. The average molecular weight is 291 g/mol. The Labute approximate surface area is 111 Å². The first-order valence-electron chi connectivity index (χ1n) is 5.34. The van der Waals surface area contributed by atoms with E-state index in [0.717, 1.165) is 6.26 Å². The van der Waals surface area contributed by atoms with Gasteiger partial charge in [0.25, 0.3) is 0 Å². The van der Waals surface area contributed by atoms with Crippen LogP contribution < -0.4 is 5.73 Å². The molecule has 1 aromatic heterocycles. The van der Waals surface area contributed by atoms with Crippen LogP contribution in [0.15, 0.2) is 18.5 Å². The van der Waals surface area contributed by atoms with Gasteiger partial charge in [0.1, 0.15) is 9.84 Å². The molecule has 1 atom stereocenters. The highest BCUT2D eigenvalue weighted by atomic mass is 35.5. The number of hydrogen-bond donors (Lipinski definition) is 1. The van der Waals surface area contributed by atoms with Gasteiger partial charge in [-0.1, -0.05) is 11.6 Å². The summed E-state index contributed by atoms with van der Waals surface area (Å²) in [5, 5.41) is 0.404. The monoisotopic (exact) mass is 290 g/mol. The lowest BCUT2D eigenvalue weighted by Gasteiger charge is -2.10. The van der Waals surface area contributed by atoms with Crippen LogP contribution in [0, 0.1) is 0 Å². The Morgan fingerprint density at radius 3 is 2.78 bits per heavy atom. The normalized spacial score (nSPS) is 13.3. The number of pyridine rings is 1. The smallest absolute Gasteiger partial charge is 0.153 e. The van der Waals surface area contributed by atoms with E-state index in [1.165, 1.54) is 12.4 Å². The molecule has 1 aromatic rings. The number of rotatable bonds is 6. The molecule has 5 nitrogen and oxygen atoms in total. The summed E-state index contributed by atoms with van der Waals surface area (Å²) in [4.78, 5) is 15.6. The fourth-order valence-electron chi connectivity index (χ4n) is 1.37. The summed E-state index contributed by atoms with van der Waals surface area (Å²) >= 11 is 5.87. The summed E-state index contributed by atoms with van der Waals surface area (Å²) in [7, 11) is -3.10. The zero-order valence-electron chi connectivity index (χ0n) is 9.97. The molecule has 0 spiro atoms. The molecule has 2 N–H and O–H groups in total. The van der Waals surface area contributed by atoms with Crippen LogP contribution in [0.2, 0.25) is 5.02 Å². The van der Waals surface area contributed by atoms with E-state index >= 15 is 0 Å². The van der Waals surface area contributed by atoms with Gasteiger partial charge in [-0.3, -0.25) is 9.78 Å². The number of sulfone groups is 1. The first kappa shape index (κ1) is 15.1. The zero-order chi connectivity index (χ0) is 13.8. The molecular formula is C11H15ClN2O3S. The topological polar surface area (TPSA) is 90.1 Å². The van der Waals surface area contributed by atoms with Gasteiger partial charge in [-0.15, -0.1) is 0 Å². The minimum Gasteiger partial charge on any atom is -0.321 e. The van der Waals surface area contributed by atoms with Crippen LogP contribution in [0.5, 0.6) is 0 Å². The third-order valence-electron chi connectivity index (χ3n) is 2.43. The van der Waals surface area contributed by atoms with Crippen LogP contribution >= 0.6 is 11.6 Å². The minimum atomic E-state index is -3.10. The van der Waals surface area contributed by atoms with Crippen molar-refractivity contribution in [3.63, 3.8) is 0 Å². The molecule has 1 unspecified atom stereocenters. The molecular weight excluding hydrogens is 276 g/mol. The summed E-state index contributed by atoms with van der Waals surface area (Å²) in [5.74, 6) is -0.323. The van der Waals surface area contributed by atoms with Gasteiger partial charge in [0.05, 0.1) is 16.8 Å². The van der Waals surface area contributed by atoms with Gasteiger partial charge in [0.2, 0.25) is 0 Å². The Hall–Kier alpha value is -0.980. The first-order chi connectivity index (χ1) is 8.29. The van der Waals surface area contributed by atoms with Gasteiger partial charge >= 0.3 is 0 Å². The fraction of sp³-hybridized carbons (Fsp3) is 0.455. The molecule has 1 rings (SSSR count). The molecule has 0 aliphatic carbocycles. The van der Waals surface area contributed by atoms with E-state index in [4.69, 9.17) is 17.3 Å². The van der Waals surface area contributed by atoms with Crippen molar-refractivity contribution in [2.24, 2.45) is 5.73 Å². The standard InChI is InChI=1S/C11H15ClN2O3S/c1-18(16,17)5-3-10(13)11(15)6-8-2-4-14-7-9(8)12/h2,4,7,10H,3,5-6,13H2,1H3. The summed E-state index contributed by atoms with van der Waals surface area (Å²) < 4.78 is 21.9. The largest absolute Gasteiger partial charge is 0.321 e.